The highest BCUT2D eigenvalue weighted by Crippen LogP contribution is 2.39. The minimum atomic E-state index is -1.21. The first-order valence-corrected chi connectivity index (χ1v) is 8.48. The lowest BCUT2D eigenvalue weighted by atomic mass is 9.67. The molecule has 1 aromatic carbocycles. The number of aliphatic carboxylic acids is 1. The third-order valence-electron chi connectivity index (χ3n) is 5.10. The molecule has 1 aliphatic heterocycles. The first kappa shape index (κ1) is 19.0. The topological polar surface area (TPSA) is 89.9 Å². The van der Waals surface area contributed by atoms with Crippen molar-refractivity contribution in [1.82, 2.24) is 0 Å². The van der Waals surface area contributed by atoms with E-state index in [2.05, 4.69) is 0 Å². The number of hydrogen-bond acceptors (Lipinski definition) is 5. The summed E-state index contributed by atoms with van der Waals surface area (Å²) >= 11 is 0. The number of rotatable bonds is 5. The molecule has 136 valence electrons. The Kier molecular flexibility index (Phi) is 6.17. The summed E-state index contributed by atoms with van der Waals surface area (Å²) in [7, 11) is 0. The molecule has 0 amide bonds. The molecule has 2 rings (SSSR count). The predicted octanol–water partition coefficient (Wildman–Crippen LogP) is 2.45. The van der Waals surface area contributed by atoms with Crippen molar-refractivity contribution in [3.8, 4) is 0 Å². The van der Waals surface area contributed by atoms with E-state index in [9.17, 15) is 19.5 Å². The largest absolute Gasteiger partial charge is 0.481 e. The summed E-state index contributed by atoms with van der Waals surface area (Å²) in [6.07, 6.45) is 0.625. The molecular weight excluding hydrogens is 324 g/mol. The molecule has 3 unspecified atom stereocenters. The second kappa shape index (κ2) is 8.14. The lowest BCUT2D eigenvalue weighted by molar-refractivity contribution is -0.163. The van der Waals surface area contributed by atoms with Crippen LogP contribution in [0, 0.1) is 17.3 Å². The van der Waals surface area contributed by atoms with Gasteiger partial charge in [-0.15, -0.1) is 0 Å². The van der Waals surface area contributed by atoms with Gasteiger partial charge in [-0.2, -0.15) is 0 Å². The fraction of sp³-hybridized carbons (Fsp3) is 0.526. The van der Waals surface area contributed by atoms with E-state index in [1.165, 1.54) is 0 Å². The number of hydrogen-bond donors (Lipinski definition) is 1. The molecular formula is C19H24O6. The molecule has 0 aliphatic carbocycles. The summed E-state index contributed by atoms with van der Waals surface area (Å²) in [6.45, 7) is 3.19. The monoisotopic (exact) mass is 348 g/mol. The summed E-state index contributed by atoms with van der Waals surface area (Å²) in [6, 6.07) is 9.36. The van der Waals surface area contributed by atoms with Crippen molar-refractivity contribution < 1.29 is 29.0 Å². The predicted molar refractivity (Wildman–Crippen MR) is 89.7 cm³/mol. The minimum absolute atomic E-state index is 0.0214. The van der Waals surface area contributed by atoms with Gasteiger partial charge in [0, 0.05) is 5.92 Å². The smallest absolute Gasteiger partial charge is 0.309 e. The first-order valence-electron chi connectivity index (χ1n) is 8.48. The lowest BCUT2D eigenvalue weighted by Gasteiger charge is -2.36. The van der Waals surface area contributed by atoms with E-state index in [1.54, 1.807) is 13.8 Å². The van der Waals surface area contributed by atoms with Crippen molar-refractivity contribution in [2.45, 2.75) is 33.1 Å². The van der Waals surface area contributed by atoms with E-state index in [0.717, 1.165) is 5.56 Å². The Bertz CT molecular complexity index is 626. The van der Waals surface area contributed by atoms with E-state index < -0.39 is 35.2 Å². The molecule has 1 saturated heterocycles. The van der Waals surface area contributed by atoms with Gasteiger partial charge in [0.15, 0.2) is 0 Å². The van der Waals surface area contributed by atoms with Crippen LogP contribution in [0.4, 0.5) is 0 Å². The van der Waals surface area contributed by atoms with E-state index in [0.29, 0.717) is 12.8 Å². The molecule has 0 bridgehead atoms. The lowest BCUT2D eigenvalue weighted by Crippen LogP contribution is -2.45. The molecule has 0 radical (unpaired) electrons. The van der Waals surface area contributed by atoms with Gasteiger partial charge in [-0.1, -0.05) is 37.3 Å². The third-order valence-corrected chi connectivity index (χ3v) is 5.10. The molecule has 1 heterocycles. The van der Waals surface area contributed by atoms with Crippen LogP contribution in [-0.2, 0) is 30.3 Å². The molecule has 1 N–H and O–H groups in total. The van der Waals surface area contributed by atoms with Gasteiger partial charge in [0.05, 0.1) is 24.4 Å². The van der Waals surface area contributed by atoms with Crippen LogP contribution >= 0.6 is 0 Å². The van der Waals surface area contributed by atoms with Crippen molar-refractivity contribution in [3.63, 3.8) is 0 Å². The maximum absolute atomic E-state index is 12.6. The summed E-state index contributed by atoms with van der Waals surface area (Å²) in [4.78, 5) is 36.3. The van der Waals surface area contributed by atoms with Crippen LogP contribution in [0.2, 0.25) is 0 Å². The quantitative estimate of drug-likeness (QED) is 0.822. The molecule has 3 atom stereocenters. The molecule has 0 saturated carbocycles. The van der Waals surface area contributed by atoms with Crippen LogP contribution in [0.5, 0.6) is 0 Å². The van der Waals surface area contributed by atoms with Gasteiger partial charge in [0.2, 0.25) is 0 Å². The molecule has 0 aromatic heterocycles. The second-order valence-electron chi connectivity index (χ2n) is 6.58. The number of carboxylic acid groups (broad SMARTS) is 1. The van der Waals surface area contributed by atoms with Crippen LogP contribution in [0.15, 0.2) is 30.3 Å². The van der Waals surface area contributed by atoms with Crippen molar-refractivity contribution in [2.24, 2.45) is 17.3 Å². The Morgan fingerprint density at radius 2 is 1.92 bits per heavy atom. The Balaban J connectivity index is 2.42. The number of carbonyl (C=O) groups is 3. The normalized spacial score (nSPS) is 24.1. The zero-order valence-corrected chi connectivity index (χ0v) is 14.6. The van der Waals surface area contributed by atoms with E-state index >= 15 is 0 Å². The van der Waals surface area contributed by atoms with Gasteiger partial charge < -0.3 is 14.6 Å². The Morgan fingerprint density at radius 1 is 1.24 bits per heavy atom. The molecule has 1 aliphatic rings. The maximum Gasteiger partial charge on any atom is 0.309 e. The van der Waals surface area contributed by atoms with Crippen LogP contribution in [0.3, 0.4) is 0 Å². The Labute approximate surface area is 147 Å². The number of carbonyl (C=O) groups excluding carboxylic acids is 2. The third kappa shape index (κ3) is 4.38. The zero-order valence-electron chi connectivity index (χ0n) is 14.6. The number of esters is 2. The van der Waals surface area contributed by atoms with Gasteiger partial charge in [0.1, 0.15) is 6.61 Å². The van der Waals surface area contributed by atoms with E-state index in [4.69, 9.17) is 9.47 Å². The molecule has 6 heteroatoms. The summed E-state index contributed by atoms with van der Waals surface area (Å²) < 4.78 is 10.5. The Hall–Kier alpha value is -2.37. The fourth-order valence-corrected chi connectivity index (χ4v) is 3.17. The highest BCUT2D eigenvalue weighted by Gasteiger charge is 2.48. The minimum Gasteiger partial charge on any atom is -0.481 e. The van der Waals surface area contributed by atoms with Crippen molar-refractivity contribution in [3.05, 3.63) is 35.9 Å². The van der Waals surface area contributed by atoms with Gasteiger partial charge >= 0.3 is 17.9 Å². The summed E-state index contributed by atoms with van der Waals surface area (Å²) in [5.74, 6) is -3.35. The first-order chi connectivity index (χ1) is 11.9. The number of benzene rings is 1. The van der Waals surface area contributed by atoms with Crippen LogP contribution in [-0.4, -0.2) is 36.2 Å². The van der Waals surface area contributed by atoms with Crippen LogP contribution < -0.4 is 0 Å². The number of cyclic esters (lactones) is 2. The van der Waals surface area contributed by atoms with Crippen LogP contribution in [0.1, 0.15) is 32.3 Å². The Morgan fingerprint density at radius 3 is 2.52 bits per heavy atom. The van der Waals surface area contributed by atoms with Gasteiger partial charge in [0.25, 0.3) is 0 Å². The van der Waals surface area contributed by atoms with E-state index in [1.807, 2.05) is 30.3 Å². The molecule has 0 spiro atoms. The highest BCUT2D eigenvalue weighted by molar-refractivity contribution is 5.79. The van der Waals surface area contributed by atoms with Crippen molar-refractivity contribution >= 4 is 17.9 Å². The van der Waals surface area contributed by atoms with Gasteiger partial charge in [-0.05, 0) is 25.3 Å². The SMILES string of the molecule is CCC(C)(C(=O)O)C1COC(=O)CCOC(=O)C1Cc1ccccc1. The number of ether oxygens (including phenoxy) is 2. The standard InChI is InChI=1S/C19H24O6/c1-3-19(2,18(22)23)15-12-25-16(20)9-10-24-17(21)14(15)11-13-7-5-4-6-8-13/h4-8,14-15H,3,9-12H2,1-2H3,(H,22,23). The molecule has 25 heavy (non-hydrogen) atoms. The van der Waals surface area contributed by atoms with Gasteiger partial charge in [-0.3, -0.25) is 14.4 Å². The van der Waals surface area contributed by atoms with Crippen molar-refractivity contribution in [1.29, 1.82) is 0 Å². The average molecular weight is 348 g/mol. The van der Waals surface area contributed by atoms with E-state index in [-0.39, 0.29) is 19.6 Å². The molecule has 1 aromatic rings. The zero-order chi connectivity index (χ0) is 18.4. The van der Waals surface area contributed by atoms with Gasteiger partial charge in [-0.25, -0.2) is 0 Å². The summed E-state index contributed by atoms with van der Waals surface area (Å²) in [5.41, 5.74) is -0.299. The molecule has 1 fully saturated rings. The van der Waals surface area contributed by atoms with Crippen molar-refractivity contribution in [2.75, 3.05) is 13.2 Å². The number of carboxylic acids is 1. The van der Waals surface area contributed by atoms with Crippen LogP contribution in [0.25, 0.3) is 0 Å². The highest BCUT2D eigenvalue weighted by atomic mass is 16.6. The second-order valence-corrected chi connectivity index (χ2v) is 6.58. The summed E-state index contributed by atoms with van der Waals surface area (Å²) in [5, 5.41) is 9.76. The maximum atomic E-state index is 12.6. The molecule has 6 nitrogen and oxygen atoms in total. The fourth-order valence-electron chi connectivity index (χ4n) is 3.17. The average Bonchev–Trinajstić information content (AvgIpc) is 2.66.